The molecule has 0 radical (unpaired) electrons. The summed E-state index contributed by atoms with van der Waals surface area (Å²) in [5.74, 6) is 0. The Kier molecular flexibility index (Phi) is 2.87. The highest BCUT2D eigenvalue weighted by atomic mass is 16.3. The van der Waals surface area contributed by atoms with Crippen LogP contribution in [0.3, 0.4) is 0 Å². The zero-order chi connectivity index (χ0) is 10.7. The predicted octanol–water partition coefficient (Wildman–Crippen LogP) is 2.17. The molecule has 0 atom stereocenters. The zero-order valence-corrected chi connectivity index (χ0v) is 8.95. The first-order valence-corrected chi connectivity index (χ1v) is 5.05. The Labute approximate surface area is 88.7 Å². The van der Waals surface area contributed by atoms with Crippen molar-refractivity contribution >= 4 is 0 Å². The number of furan rings is 1. The molecule has 0 unspecified atom stereocenters. The van der Waals surface area contributed by atoms with Crippen molar-refractivity contribution in [2.75, 3.05) is 0 Å². The van der Waals surface area contributed by atoms with Gasteiger partial charge in [-0.1, -0.05) is 13.8 Å². The number of nitrogens with one attached hydrogen (secondary N) is 2. The Hall–Kier alpha value is -1.55. The molecular weight excluding hydrogens is 190 g/mol. The van der Waals surface area contributed by atoms with Crippen molar-refractivity contribution < 1.29 is 4.42 Å². The summed E-state index contributed by atoms with van der Waals surface area (Å²) < 4.78 is 5.05. The highest BCUT2D eigenvalue weighted by Crippen LogP contribution is 2.21. The van der Waals surface area contributed by atoms with E-state index < -0.39 is 0 Å². The molecule has 0 aliphatic rings. The standard InChI is InChI=1S/C11H15N3O/c1-8(2)12-5-10-6-13-14-11(10)9-3-4-15-7-9/h3-4,6-8,12H,5H2,1-2H3,(H,13,14). The van der Waals surface area contributed by atoms with Crippen molar-refractivity contribution in [1.29, 1.82) is 0 Å². The van der Waals surface area contributed by atoms with Gasteiger partial charge < -0.3 is 9.73 Å². The van der Waals surface area contributed by atoms with Crippen LogP contribution in [0.15, 0.2) is 29.2 Å². The van der Waals surface area contributed by atoms with E-state index >= 15 is 0 Å². The highest BCUT2D eigenvalue weighted by Gasteiger charge is 2.08. The number of nitrogens with zero attached hydrogens (tertiary/aromatic N) is 1. The normalized spacial score (nSPS) is 11.1. The molecule has 2 heterocycles. The molecular formula is C11H15N3O. The van der Waals surface area contributed by atoms with Gasteiger partial charge in [0.1, 0.15) is 0 Å². The second kappa shape index (κ2) is 4.31. The SMILES string of the molecule is CC(C)NCc1cn[nH]c1-c1ccoc1. The average molecular weight is 205 g/mol. The fraction of sp³-hybridized carbons (Fsp3) is 0.364. The summed E-state index contributed by atoms with van der Waals surface area (Å²) in [7, 11) is 0. The molecule has 0 amide bonds. The first-order valence-electron chi connectivity index (χ1n) is 5.05. The van der Waals surface area contributed by atoms with E-state index in [0.717, 1.165) is 23.4 Å². The van der Waals surface area contributed by atoms with E-state index in [1.807, 2.05) is 12.3 Å². The van der Waals surface area contributed by atoms with E-state index in [2.05, 4.69) is 29.4 Å². The second-order valence-corrected chi connectivity index (χ2v) is 3.82. The lowest BCUT2D eigenvalue weighted by Crippen LogP contribution is -2.21. The largest absolute Gasteiger partial charge is 0.472 e. The predicted molar refractivity (Wildman–Crippen MR) is 58.3 cm³/mol. The maximum Gasteiger partial charge on any atom is 0.0996 e. The second-order valence-electron chi connectivity index (χ2n) is 3.82. The third kappa shape index (κ3) is 2.27. The van der Waals surface area contributed by atoms with Crippen molar-refractivity contribution in [3.8, 4) is 11.3 Å². The zero-order valence-electron chi connectivity index (χ0n) is 8.95. The van der Waals surface area contributed by atoms with Gasteiger partial charge in [0, 0.05) is 23.7 Å². The third-order valence-corrected chi connectivity index (χ3v) is 2.23. The minimum Gasteiger partial charge on any atom is -0.472 e. The number of H-pyrrole nitrogens is 1. The van der Waals surface area contributed by atoms with Gasteiger partial charge in [0.25, 0.3) is 0 Å². The van der Waals surface area contributed by atoms with E-state index in [9.17, 15) is 0 Å². The van der Waals surface area contributed by atoms with E-state index in [1.165, 1.54) is 0 Å². The Morgan fingerprint density at radius 1 is 1.53 bits per heavy atom. The number of hydrogen-bond acceptors (Lipinski definition) is 3. The average Bonchev–Trinajstić information content (AvgIpc) is 2.85. The van der Waals surface area contributed by atoms with Gasteiger partial charge in [-0.2, -0.15) is 5.10 Å². The van der Waals surface area contributed by atoms with Crippen LogP contribution in [0.4, 0.5) is 0 Å². The van der Waals surface area contributed by atoms with Crippen LogP contribution in [0.25, 0.3) is 11.3 Å². The summed E-state index contributed by atoms with van der Waals surface area (Å²) in [6.45, 7) is 5.06. The minimum atomic E-state index is 0.470. The van der Waals surface area contributed by atoms with E-state index in [0.29, 0.717) is 6.04 Å². The Bertz CT molecular complexity index is 403. The van der Waals surface area contributed by atoms with Gasteiger partial charge in [-0.05, 0) is 6.07 Å². The summed E-state index contributed by atoms with van der Waals surface area (Å²) in [5.41, 5.74) is 3.22. The molecule has 80 valence electrons. The van der Waals surface area contributed by atoms with Gasteiger partial charge in [0.15, 0.2) is 0 Å². The topological polar surface area (TPSA) is 53.9 Å². The molecule has 0 saturated heterocycles. The molecule has 0 aliphatic heterocycles. The van der Waals surface area contributed by atoms with Crippen LogP contribution in [0, 0.1) is 0 Å². The van der Waals surface area contributed by atoms with Crippen LogP contribution in [-0.2, 0) is 6.54 Å². The lowest BCUT2D eigenvalue weighted by atomic mass is 10.1. The van der Waals surface area contributed by atoms with Crippen molar-refractivity contribution in [3.05, 3.63) is 30.4 Å². The summed E-state index contributed by atoms with van der Waals surface area (Å²) in [6.07, 6.45) is 5.22. The quantitative estimate of drug-likeness (QED) is 0.804. The smallest absolute Gasteiger partial charge is 0.0996 e. The lowest BCUT2D eigenvalue weighted by Gasteiger charge is -2.07. The molecule has 15 heavy (non-hydrogen) atoms. The van der Waals surface area contributed by atoms with E-state index in [1.54, 1.807) is 12.5 Å². The monoisotopic (exact) mass is 205 g/mol. The minimum absolute atomic E-state index is 0.470. The molecule has 0 spiro atoms. The first kappa shape index (κ1) is 9.98. The summed E-state index contributed by atoms with van der Waals surface area (Å²) >= 11 is 0. The maximum absolute atomic E-state index is 5.05. The Morgan fingerprint density at radius 3 is 3.07 bits per heavy atom. The van der Waals surface area contributed by atoms with Crippen LogP contribution >= 0.6 is 0 Å². The summed E-state index contributed by atoms with van der Waals surface area (Å²) in [5, 5.41) is 10.4. The molecule has 0 aromatic carbocycles. The number of rotatable bonds is 4. The van der Waals surface area contributed by atoms with E-state index in [-0.39, 0.29) is 0 Å². The third-order valence-electron chi connectivity index (χ3n) is 2.23. The summed E-state index contributed by atoms with van der Waals surface area (Å²) in [6, 6.07) is 2.39. The molecule has 2 aromatic rings. The molecule has 2 aromatic heterocycles. The first-order chi connectivity index (χ1) is 7.27. The van der Waals surface area contributed by atoms with Crippen LogP contribution < -0.4 is 5.32 Å². The van der Waals surface area contributed by atoms with Crippen LogP contribution in [0.1, 0.15) is 19.4 Å². The Morgan fingerprint density at radius 2 is 2.40 bits per heavy atom. The van der Waals surface area contributed by atoms with Gasteiger partial charge in [-0.25, -0.2) is 0 Å². The molecule has 4 nitrogen and oxygen atoms in total. The van der Waals surface area contributed by atoms with Crippen LogP contribution in [-0.4, -0.2) is 16.2 Å². The van der Waals surface area contributed by atoms with Gasteiger partial charge in [0.2, 0.25) is 0 Å². The Balaban J connectivity index is 2.16. The van der Waals surface area contributed by atoms with Gasteiger partial charge >= 0.3 is 0 Å². The molecule has 0 fully saturated rings. The number of hydrogen-bond donors (Lipinski definition) is 2. The fourth-order valence-corrected chi connectivity index (χ4v) is 1.42. The number of aromatic amines is 1. The molecule has 2 rings (SSSR count). The highest BCUT2D eigenvalue weighted by molar-refractivity contribution is 5.60. The maximum atomic E-state index is 5.05. The van der Waals surface area contributed by atoms with Crippen molar-refractivity contribution in [2.45, 2.75) is 26.4 Å². The molecule has 0 saturated carbocycles. The van der Waals surface area contributed by atoms with Crippen LogP contribution in [0.2, 0.25) is 0 Å². The number of aromatic nitrogens is 2. The van der Waals surface area contributed by atoms with Crippen LogP contribution in [0.5, 0.6) is 0 Å². The molecule has 0 bridgehead atoms. The molecule has 4 heteroatoms. The van der Waals surface area contributed by atoms with Gasteiger partial charge in [0.05, 0.1) is 24.4 Å². The fourth-order valence-electron chi connectivity index (χ4n) is 1.42. The van der Waals surface area contributed by atoms with Gasteiger partial charge in [-0.15, -0.1) is 0 Å². The lowest BCUT2D eigenvalue weighted by molar-refractivity contribution is 0.567. The van der Waals surface area contributed by atoms with E-state index in [4.69, 9.17) is 4.42 Å². The van der Waals surface area contributed by atoms with Crippen molar-refractivity contribution in [1.82, 2.24) is 15.5 Å². The summed E-state index contributed by atoms with van der Waals surface area (Å²) in [4.78, 5) is 0. The van der Waals surface area contributed by atoms with Crippen molar-refractivity contribution in [2.24, 2.45) is 0 Å². The molecule has 0 aliphatic carbocycles. The van der Waals surface area contributed by atoms with Crippen molar-refractivity contribution in [3.63, 3.8) is 0 Å². The molecule has 2 N–H and O–H groups in total. The van der Waals surface area contributed by atoms with Gasteiger partial charge in [-0.3, -0.25) is 5.10 Å².